The molecule has 0 aromatic carbocycles. The molecule has 0 spiro atoms. The Hall–Kier alpha value is -2.79. The van der Waals surface area contributed by atoms with Crippen LogP contribution in [0.25, 0.3) is 5.95 Å². The molecule has 0 aliphatic rings. The van der Waals surface area contributed by atoms with E-state index >= 15 is 0 Å². The van der Waals surface area contributed by atoms with Gasteiger partial charge in [0.05, 0.1) is 22.9 Å². The van der Waals surface area contributed by atoms with Crippen LogP contribution < -0.4 is 0 Å². The van der Waals surface area contributed by atoms with Gasteiger partial charge in [-0.3, -0.25) is 9.36 Å². The first-order chi connectivity index (χ1) is 13.5. The Morgan fingerprint density at radius 1 is 1.32 bits per heavy atom. The van der Waals surface area contributed by atoms with Crippen molar-refractivity contribution in [2.24, 2.45) is 0 Å². The molecule has 144 valence electrons. The maximum absolute atomic E-state index is 12.7. The highest BCUT2D eigenvalue weighted by Crippen LogP contribution is 2.23. The molecule has 4 rings (SSSR count). The number of ketones is 1. The maximum Gasteiger partial charge on any atom is 0.277 e. The number of carbonyl (C=O) groups is 1. The minimum absolute atomic E-state index is 0.0151. The Morgan fingerprint density at radius 3 is 2.89 bits per heavy atom. The highest BCUT2D eigenvalue weighted by molar-refractivity contribution is 7.99. The minimum atomic E-state index is -0.0151. The van der Waals surface area contributed by atoms with Crippen LogP contribution in [0.2, 0.25) is 0 Å². The van der Waals surface area contributed by atoms with Gasteiger partial charge in [0.1, 0.15) is 6.33 Å². The predicted molar refractivity (Wildman–Crippen MR) is 104 cm³/mol. The van der Waals surface area contributed by atoms with Gasteiger partial charge in [-0.25, -0.2) is 10.1 Å². The molecule has 0 fully saturated rings. The molecule has 0 aliphatic heterocycles. The molecule has 11 heteroatoms. The number of hydrogen-bond acceptors (Lipinski definition) is 9. The molecule has 0 aliphatic carbocycles. The smallest absolute Gasteiger partial charge is 0.277 e. The van der Waals surface area contributed by atoms with Crippen molar-refractivity contribution in [1.82, 2.24) is 34.9 Å². The van der Waals surface area contributed by atoms with Crippen LogP contribution in [-0.2, 0) is 6.42 Å². The number of thiazole rings is 1. The lowest BCUT2D eigenvalue weighted by atomic mass is 10.2. The summed E-state index contributed by atoms with van der Waals surface area (Å²) in [7, 11) is 0. The maximum atomic E-state index is 12.7. The normalized spacial score (nSPS) is 11.2. The van der Waals surface area contributed by atoms with Crippen molar-refractivity contribution in [2.45, 2.75) is 32.4 Å². The van der Waals surface area contributed by atoms with E-state index in [0.29, 0.717) is 29.0 Å². The highest BCUT2D eigenvalue weighted by atomic mass is 32.2. The second-order valence-electron chi connectivity index (χ2n) is 6.14. The predicted octanol–water partition coefficient (Wildman–Crippen LogP) is 2.93. The molecule has 28 heavy (non-hydrogen) atoms. The lowest BCUT2D eigenvalue weighted by Gasteiger charge is -2.04. The van der Waals surface area contributed by atoms with Gasteiger partial charge in [-0.2, -0.15) is 10.1 Å². The fraction of sp³-hybridized carbons (Fsp3) is 0.294. The zero-order valence-corrected chi connectivity index (χ0v) is 17.1. The molecule has 9 nitrogen and oxygen atoms in total. The van der Waals surface area contributed by atoms with Crippen LogP contribution in [0.1, 0.15) is 38.3 Å². The Balaban J connectivity index is 1.42. The molecule has 0 radical (unpaired) electrons. The Bertz CT molecular complexity index is 1110. The highest BCUT2D eigenvalue weighted by Gasteiger charge is 2.19. The lowest BCUT2D eigenvalue weighted by Crippen LogP contribution is -2.06. The number of thioether (sulfide) groups is 1. The van der Waals surface area contributed by atoms with Gasteiger partial charge in [-0.1, -0.05) is 11.8 Å². The van der Waals surface area contributed by atoms with E-state index in [1.54, 1.807) is 11.3 Å². The first kappa shape index (κ1) is 18.6. The molecular formula is C17H17N7O2S2. The zero-order chi connectivity index (χ0) is 19.7. The largest absolute Gasteiger partial charge is 0.416 e. The lowest BCUT2D eigenvalue weighted by molar-refractivity contribution is 0.102. The van der Waals surface area contributed by atoms with Gasteiger partial charge in [0.15, 0.2) is 5.78 Å². The average Bonchev–Trinajstić information content (AvgIpc) is 3.43. The summed E-state index contributed by atoms with van der Waals surface area (Å²) in [4.78, 5) is 21.2. The van der Waals surface area contributed by atoms with Crippen LogP contribution in [0.4, 0.5) is 0 Å². The summed E-state index contributed by atoms with van der Waals surface area (Å²) in [6.07, 6.45) is 1.93. The number of carbonyl (C=O) groups excluding carboxylic acids is 1. The molecule has 4 aromatic rings. The van der Waals surface area contributed by atoms with Crippen LogP contribution in [0.5, 0.6) is 0 Å². The zero-order valence-electron chi connectivity index (χ0n) is 15.5. The van der Waals surface area contributed by atoms with E-state index in [1.165, 1.54) is 18.1 Å². The standard InChI is InChI=1S/C17H17N7O2S2/c1-9-4-13(10(2)24(9)16-18-8-19-22-16)14(25)7-28-17-23-21-15(26-17)5-12-6-27-11(3)20-12/h4,6,8H,5,7H2,1-3H3,(H,18,19,22). The summed E-state index contributed by atoms with van der Waals surface area (Å²) in [5, 5.41) is 18.1. The van der Waals surface area contributed by atoms with Crippen molar-refractivity contribution < 1.29 is 9.21 Å². The molecule has 0 saturated heterocycles. The summed E-state index contributed by atoms with van der Waals surface area (Å²) in [6.45, 7) is 5.76. The van der Waals surface area contributed by atoms with Gasteiger partial charge in [0.25, 0.3) is 5.22 Å². The number of rotatable bonds is 7. The summed E-state index contributed by atoms with van der Waals surface area (Å²) in [5.41, 5.74) is 3.25. The van der Waals surface area contributed by atoms with Crippen molar-refractivity contribution in [3.63, 3.8) is 0 Å². The van der Waals surface area contributed by atoms with E-state index in [1.807, 2.05) is 36.8 Å². The number of nitrogens with one attached hydrogen (secondary N) is 1. The van der Waals surface area contributed by atoms with Crippen LogP contribution in [0, 0.1) is 20.8 Å². The number of aromatic nitrogens is 7. The third-order valence-corrected chi connectivity index (χ3v) is 5.76. The number of hydrogen-bond donors (Lipinski definition) is 1. The van der Waals surface area contributed by atoms with Crippen molar-refractivity contribution in [3.05, 3.63) is 51.3 Å². The van der Waals surface area contributed by atoms with Crippen molar-refractivity contribution in [2.75, 3.05) is 5.75 Å². The van der Waals surface area contributed by atoms with Crippen LogP contribution in [0.15, 0.2) is 27.4 Å². The molecule has 4 aromatic heterocycles. The topological polar surface area (TPSA) is 115 Å². The van der Waals surface area contributed by atoms with E-state index < -0.39 is 0 Å². The van der Waals surface area contributed by atoms with Crippen molar-refractivity contribution in [1.29, 1.82) is 0 Å². The van der Waals surface area contributed by atoms with Crippen LogP contribution in [0.3, 0.4) is 0 Å². The van der Waals surface area contributed by atoms with Crippen molar-refractivity contribution >= 4 is 28.9 Å². The SMILES string of the molecule is Cc1nc(Cc2nnc(SCC(=O)c3cc(C)n(-c4ncn[nH]4)c3C)o2)cs1. The third kappa shape index (κ3) is 3.76. The quantitative estimate of drug-likeness (QED) is 0.362. The summed E-state index contributed by atoms with van der Waals surface area (Å²) >= 11 is 2.81. The number of H-pyrrole nitrogens is 1. The van der Waals surface area contributed by atoms with Crippen LogP contribution in [-0.4, -0.2) is 46.5 Å². The Labute approximate surface area is 168 Å². The fourth-order valence-electron chi connectivity index (χ4n) is 2.90. The first-order valence-corrected chi connectivity index (χ1v) is 10.3. The Kier molecular flexibility index (Phi) is 5.09. The van der Waals surface area contributed by atoms with E-state index in [9.17, 15) is 4.79 Å². The summed E-state index contributed by atoms with van der Waals surface area (Å²) in [5.74, 6) is 1.26. The monoisotopic (exact) mass is 415 g/mol. The molecule has 0 unspecified atom stereocenters. The number of nitrogens with zero attached hydrogens (tertiary/aromatic N) is 6. The van der Waals surface area contributed by atoms with E-state index in [0.717, 1.165) is 22.1 Å². The summed E-state index contributed by atoms with van der Waals surface area (Å²) < 4.78 is 7.49. The van der Waals surface area contributed by atoms with Gasteiger partial charge in [0.2, 0.25) is 11.8 Å². The number of aryl methyl sites for hydroxylation is 2. The van der Waals surface area contributed by atoms with Gasteiger partial charge in [-0.15, -0.1) is 21.5 Å². The summed E-state index contributed by atoms with van der Waals surface area (Å²) in [6, 6.07) is 1.85. The minimum Gasteiger partial charge on any atom is -0.416 e. The second-order valence-corrected chi connectivity index (χ2v) is 8.13. The molecule has 0 amide bonds. The second kappa shape index (κ2) is 7.68. The molecule has 0 saturated carbocycles. The van der Waals surface area contributed by atoms with E-state index in [4.69, 9.17) is 4.42 Å². The third-order valence-electron chi connectivity index (χ3n) is 4.12. The fourth-order valence-corrected chi connectivity index (χ4v) is 4.17. The van der Waals surface area contributed by atoms with Gasteiger partial charge in [0, 0.05) is 22.3 Å². The van der Waals surface area contributed by atoms with Crippen molar-refractivity contribution in [3.8, 4) is 5.95 Å². The number of Topliss-reactive ketones (excluding diaryl/α,β-unsaturated/α-hetero) is 1. The molecule has 1 N–H and O–H groups in total. The van der Waals surface area contributed by atoms with Crippen LogP contribution >= 0.6 is 23.1 Å². The average molecular weight is 416 g/mol. The van der Waals surface area contributed by atoms with E-state index in [2.05, 4.69) is 30.4 Å². The van der Waals surface area contributed by atoms with Gasteiger partial charge in [-0.05, 0) is 26.8 Å². The van der Waals surface area contributed by atoms with Gasteiger partial charge < -0.3 is 4.42 Å². The molecular weight excluding hydrogens is 398 g/mol. The molecule has 0 bridgehead atoms. The van der Waals surface area contributed by atoms with Gasteiger partial charge >= 0.3 is 0 Å². The molecule has 0 atom stereocenters. The Morgan fingerprint density at radius 2 is 2.18 bits per heavy atom. The molecule has 4 heterocycles. The number of aromatic amines is 1. The first-order valence-electron chi connectivity index (χ1n) is 8.45. The van der Waals surface area contributed by atoms with E-state index in [-0.39, 0.29) is 11.5 Å².